The first kappa shape index (κ1) is 12.1. The first-order valence-corrected chi connectivity index (χ1v) is 8.13. The molecule has 96 valence electrons. The number of aromatic nitrogens is 2. The number of rotatable bonds is 5. The normalized spacial score (nSPS) is 15.3. The van der Waals surface area contributed by atoms with E-state index in [4.69, 9.17) is 0 Å². The molecule has 0 amide bonds. The van der Waals surface area contributed by atoms with Gasteiger partial charge in [-0.05, 0) is 18.8 Å². The Morgan fingerprint density at radius 3 is 2.94 bits per heavy atom. The van der Waals surface area contributed by atoms with Crippen LogP contribution in [0.25, 0.3) is 10.6 Å². The van der Waals surface area contributed by atoms with Gasteiger partial charge >= 0.3 is 0 Å². The molecule has 0 spiro atoms. The van der Waals surface area contributed by atoms with E-state index in [2.05, 4.69) is 34.5 Å². The summed E-state index contributed by atoms with van der Waals surface area (Å²) in [5, 5.41) is 6.55. The van der Waals surface area contributed by atoms with Crippen molar-refractivity contribution < 1.29 is 0 Å². The van der Waals surface area contributed by atoms with Crippen LogP contribution in [0.2, 0.25) is 0 Å². The lowest BCUT2D eigenvalue weighted by atomic mass is 10.2. The summed E-state index contributed by atoms with van der Waals surface area (Å²) in [6.07, 6.45) is 2.58. The van der Waals surface area contributed by atoms with Crippen LogP contribution in [0.4, 0.5) is 5.13 Å². The van der Waals surface area contributed by atoms with Gasteiger partial charge < -0.3 is 5.32 Å². The fourth-order valence-electron chi connectivity index (χ4n) is 1.84. The van der Waals surface area contributed by atoms with Crippen LogP contribution in [-0.2, 0) is 0 Å². The summed E-state index contributed by atoms with van der Waals surface area (Å²) >= 11 is 3.40. The zero-order valence-electron chi connectivity index (χ0n) is 10.6. The molecule has 1 N–H and O–H groups in total. The summed E-state index contributed by atoms with van der Waals surface area (Å²) in [5.74, 6) is 1.34. The molecular weight excluding hydrogens is 262 g/mol. The average Bonchev–Trinajstić information content (AvgIpc) is 2.91. The minimum atomic E-state index is 0.641. The number of nitrogens with zero attached hydrogens (tertiary/aromatic N) is 2. The fourth-order valence-corrected chi connectivity index (χ4v) is 3.47. The lowest BCUT2D eigenvalue weighted by molar-refractivity contribution is 0.688. The van der Waals surface area contributed by atoms with E-state index in [-0.39, 0.29) is 0 Å². The molecule has 2 heterocycles. The Hall–Kier alpha value is -0.940. The van der Waals surface area contributed by atoms with Crippen LogP contribution in [0.1, 0.15) is 38.3 Å². The Labute approximate surface area is 115 Å². The van der Waals surface area contributed by atoms with Crippen molar-refractivity contribution in [1.82, 2.24) is 9.97 Å². The molecule has 1 saturated carbocycles. The van der Waals surface area contributed by atoms with Gasteiger partial charge in [0.25, 0.3) is 0 Å². The molecule has 5 heteroatoms. The van der Waals surface area contributed by atoms with Gasteiger partial charge in [-0.1, -0.05) is 13.8 Å². The first-order chi connectivity index (χ1) is 8.74. The zero-order valence-corrected chi connectivity index (χ0v) is 12.3. The summed E-state index contributed by atoms with van der Waals surface area (Å²) in [5.41, 5.74) is 4.31. The Bertz CT molecular complexity index is 526. The Kier molecular flexibility index (Phi) is 3.35. The summed E-state index contributed by atoms with van der Waals surface area (Å²) in [6, 6.07) is 0. The molecule has 0 unspecified atom stereocenters. The molecule has 2 aromatic heterocycles. The van der Waals surface area contributed by atoms with E-state index in [0.29, 0.717) is 11.8 Å². The third-order valence-electron chi connectivity index (χ3n) is 2.96. The van der Waals surface area contributed by atoms with Crippen LogP contribution < -0.4 is 5.32 Å². The second kappa shape index (κ2) is 4.97. The predicted molar refractivity (Wildman–Crippen MR) is 78.5 cm³/mol. The maximum absolute atomic E-state index is 4.67. The number of hydrogen-bond donors (Lipinski definition) is 1. The van der Waals surface area contributed by atoms with E-state index in [0.717, 1.165) is 17.4 Å². The van der Waals surface area contributed by atoms with E-state index in [1.54, 1.807) is 22.7 Å². The quantitative estimate of drug-likeness (QED) is 0.891. The molecule has 0 saturated heterocycles. The highest BCUT2D eigenvalue weighted by Crippen LogP contribution is 2.45. The van der Waals surface area contributed by atoms with Crippen molar-refractivity contribution in [3.8, 4) is 10.6 Å². The third kappa shape index (κ3) is 2.57. The standard InChI is InChI=1S/C13H17N3S2/c1-8(2)5-14-13-16-10(6-17-13)12-11(9-3-4-9)15-7-18-12/h6-9H,3-5H2,1-2H3,(H,14,16). The van der Waals surface area contributed by atoms with Gasteiger partial charge in [-0.2, -0.15) is 0 Å². The molecule has 1 fully saturated rings. The van der Waals surface area contributed by atoms with Gasteiger partial charge in [-0.3, -0.25) is 0 Å². The molecule has 3 rings (SSSR count). The zero-order chi connectivity index (χ0) is 12.5. The van der Waals surface area contributed by atoms with Gasteiger partial charge in [0.15, 0.2) is 5.13 Å². The predicted octanol–water partition coefficient (Wildman–Crippen LogP) is 4.21. The van der Waals surface area contributed by atoms with E-state index >= 15 is 0 Å². The number of thiazole rings is 2. The fraction of sp³-hybridized carbons (Fsp3) is 0.538. The molecule has 1 aliphatic carbocycles. The summed E-state index contributed by atoms with van der Waals surface area (Å²) in [7, 11) is 0. The van der Waals surface area contributed by atoms with Gasteiger partial charge in [0.1, 0.15) is 0 Å². The van der Waals surface area contributed by atoms with Crippen molar-refractivity contribution in [1.29, 1.82) is 0 Å². The van der Waals surface area contributed by atoms with E-state index in [1.807, 2.05) is 5.51 Å². The van der Waals surface area contributed by atoms with Crippen LogP contribution in [0.5, 0.6) is 0 Å². The highest BCUT2D eigenvalue weighted by atomic mass is 32.1. The van der Waals surface area contributed by atoms with Crippen LogP contribution in [0, 0.1) is 5.92 Å². The topological polar surface area (TPSA) is 37.8 Å². The molecule has 0 bridgehead atoms. The maximum Gasteiger partial charge on any atom is 0.183 e. The molecule has 0 aromatic carbocycles. The molecule has 0 aliphatic heterocycles. The summed E-state index contributed by atoms with van der Waals surface area (Å²) < 4.78 is 0. The van der Waals surface area contributed by atoms with E-state index < -0.39 is 0 Å². The molecule has 18 heavy (non-hydrogen) atoms. The van der Waals surface area contributed by atoms with Crippen molar-refractivity contribution >= 4 is 27.8 Å². The van der Waals surface area contributed by atoms with Crippen molar-refractivity contribution in [2.24, 2.45) is 5.92 Å². The van der Waals surface area contributed by atoms with Crippen molar-refractivity contribution in [2.75, 3.05) is 11.9 Å². The van der Waals surface area contributed by atoms with Crippen LogP contribution in [0.15, 0.2) is 10.9 Å². The molecular formula is C13H17N3S2. The van der Waals surface area contributed by atoms with Gasteiger partial charge in [-0.15, -0.1) is 22.7 Å². The SMILES string of the molecule is CC(C)CNc1nc(-c2scnc2C2CC2)cs1. The average molecular weight is 279 g/mol. The van der Waals surface area contributed by atoms with E-state index in [1.165, 1.54) is 23.4 Å². The lowest BCUT2D eigenvalue weighted by Crippen LogP contribution is -2.07. The maximum atomic E-state index is 4.67. The minimum absolute atomic E-state index is 0.641. The molecule has 2 aromatic rings. The van der Waals surface area contributed by atoms with E-state index in [9.17, 15) is 0 Å². The highest BCUT2D eigenvalue weighted by Gasteiger charge is 2.29. The minimum Gasteiger partial charge on any atom is -0.361 e. The number of anilines is 1. The van der Waals surface area contributed by atoms with Gasteiger partial charge in [0, 0.05) is 17.8 Å². The monoisotopic (exact) mass is 279 g/mol. The summed E-state index contributed by atoms with van der Waals surface area (Å²) in [4.78, 5) is 10.4. The Balaban J connectivity index is 1.77. The number of nitrogens with one attached hydrogen (secondary N) is 1. The molecule has 0 radical (unpaired) electrons. The van der Waals surface area contributed by atoms with Crippen molar-refractivity contribution in [3.63, 3.8) is 0 Å². The van der Waals surface area contributed by atoms with Gasteiger partial charge in [0.05, 0.1) is 21.8 Å². The third-order valence-corrected chi connectivity index (χ3v) is 4.62. The van der Waals surface area contributed by atoms with Gasteiger partial charge in [0.2, 0.25) is 0 Å². The second-order valence-electron chi connectivity index (χ2n) is 5.15. The second-order valence-corrected chi connectivity index (χ2v) is 6.87. The van der Waals surface area contributed by atoms with Crippen molar-refractivity contribution in [3.05, 3.63) is 16.6 Å². The summed E-state index contributed by atoms with van der Waals surface area (Å²) in [6.45, 7) is 5.39. The Morgan fingerprint density at radius 2 is 2.22 bits per heavy atom. The largest absolute Gasteiger partial charge is 0.361 e. The van der Waals surface area contributed by atoms with Crippen molar-refractivity contribution in [2.45, 2.75) is 32.6 Å². The van der Waals surface area contributed by atoms with Gasteiger partial charge in [-0.25, -0.2) is 9.97 Å². The van der Waals surface area contributed by atoms with Crippen LogP contribution >= 0.6 is 22.7 Å². The molecule has 0 atom stereocenters. The smallest absolute Gasteiger partial charge is 0.183 e. The molecule has 3 nitrogen and oxygen atoms in total. The van der Waals surface area contributed by atoms with Crippen LogP contribution in [-0.4, -0.2) is 16.5 Å². The van der Waals surface area contributed by atoms with Crippen LogP contribution in [0.3, 0.4) is 0 Å². The highest BCUT2D eigenvalue weighted by molar-refractivity contribution is 7.15. The lowest BCUT2D eigenvalue weighted by Gasteiger charge is -2.04. The molecule has 1 aliphatic rings. The number of hydrogen-bond acceptors (Lipinski definition) is 5. The Morgan fingerprint density at radius 1 is 1.39 bits per heavy atom. The first-order valence-electron chi connectivity index (χ1n) is 6.37.